The number of benzene rings is 1. The van der Waals surface area contributed by atoms with Crippen LogP contribution in [0.4, 0.5) is 0 Å². The summed E-state index contributed by atoms with van der Waals surface area (Å²) in [6.07, 6.45) is 10.5. The van der Waals surface area contributed by atoms with Gasteiger partial charge in [-0.15, -0.1) is 0 Å². The first kappa shape index (κ1) is 16.6. The van der Waals surface area contributed by atoms with E-state index in [0.29, 0.717) is 0 Å². The van der Waals surface area contributed by atoms with Gasteiger partial charge in [-0.25, -0.2) is 0 Å². The molecule has 3 nitrogen and oxygen atoms in total. The summed E-state index contributed by atoms with van der Waals surface area (Å²) in [6.45, 7) is 2.37. The largest absolute Gasteiger partial charge is 0.345 e. The Morgan fingerprint density at radius 1 is 1.12 bits per heavy atom. The highest BCUT2D eigenvalue weighted by molar-refractivity contribution is 6.21. The molecule has 1 saturated heterocycles. The zero-order valence-corrected chi connectivity index (χ0v) is 16.1. The summed E-state index contributed by atoms with van der Waals surface area (Å²) in [5, 5.41) is 0. The van der Waals surface area contributed by atoms with Crippen LogP contribution in [0, 0.1) is 11.8 Å². The predicted molar refractivity (Wildman–Crippen MR) is 105 cm³/mol. The van der Waals surface area contributed by atoms with Gasteiger partial charge in [0.2, 0.25) is 0 Å². The molecule has 0 radical (unpaired) electrons. The first-order chi connectivity index (χ1) is 12.6. The van der Waals surface area contributed by atoms with Crippen molar-refractivity contribution < 1.29 is 4.79 Å². The molecular weight excluding hydrogens is 320 g/mol. The van der Waals surface area contributed by atoms with E-state index in [1.54, 1.807) is 4.90 Å². The van der Waals surface area contributed by atoms with Crippen LogP contribution >= 0.6 is 0 Å². The first-order valence-electron chi connectivity index (χ1n) is 10.4. The van der Waals surface area contributed by atoms with Crippen molar-refractivity contribution in [1.29, 1.82) is 0 Å². The molecule has 2 saturated carbocycles. The second-order valence-electron chi connectivity index (χ2n) is 9.24. The SMILES string of the molecule is CN(C)C(=O)C1=CC2(CCN(C3CC4CCC3C4)CC2)c2ccccc21. The minimum atomic E-state index is 0.0751. The lowest BCUT2D eigenvalue weighted by molar-refractivity contribution is -0.122. The van der Waals surface area contributed by atoms with Crippen molar-refractivity contribution >= 4 is 11.5 Å². The van der Waals surface area contributed by atoms with Crippen molar-refractivity contribution in [2.45, 2.75) is 50.0 Å². The van der Waals surface area contributed by atoms with E-state index in [-0.39, 0.29) is 11.3 Å². The quantitative estimate of drug-likeness (QED) is 0.812. The van der Waals surface area contributed by atoms with Gasteiger partial charge in [-0.05, 0) is 68.2 Å². The average Bonchev–Trinajstić information content (AvgIpc) is 3.36. The highest BCUT2D eigenvalue weighted by Crippen LogP contribution is 2.51. The number of amides is 1. The number of nitrogens with zero attached hydrogens (tertiary/aromatic N) is 2. The van der Waals surface area contributed by atoms with Crippen LogP contribution in [0.2, 0.25) is 0 Å². The van der Waals surface area contributed by atoms with Crippen LogP contribution in [-0.2, 0) is 10.2 Å². The van der Waals surface area contributed by atoms with Gasteiger partial charge in [0, 0.05) is 31.1 Å². The van der Waals surface area contributed by atoms with E-state index >= 15 is 0 Å². The van der Waals surface area contributed by atoms with Crippen molar-refractivity contribution in [2.24, 2.45) is 11.8 Å². The van der Waals surface area contributed by atoms with E-state index in [9.17, 15) is 4.79 Å². The topological polar surface area (TPSA) is 23.6 Å². The third-order valence-corrected chi connectivity index (χ3v) is 7.67. The number of hydrogen-bond acceptors (Lipinski definition) is 2. The van der Waals surface area contributed by atoms with Gasteiger partial charge in [-0.1, -0.05) is 36.8 Å². The smallest absolute Gasteiger partial charge is 0.253 e. The highest BCUT2D eigenvalue weighted by Gasteiger charge is 2.47. The van der Waals surface area contributed by atoms with E-state index in [1.807, 2.05) is 14.1 Å². The zero-order chi connectivity index (χ0) is 17.9. The minimum absolute atomic E-state index is 0.0751. The fraction of sp³-hybridized carbons (Fsp3) is 0.609. The molecule has 3 unspecified atom stereocenters. The number of carbonyl (C=O) groups excluding carboxylic acids is 1. The zero-order valence-electron chi connectivity index (χ0n) is 16.1. The number of fused-ring (bicyclic) bond motifs is 4. The minimum Gasteiger partial charge on any atom is -0.345 e. The number of hydrogen-bond donors (Lipinski definition) is 0. The molecule has 1 amide bonds. The lowest BCUT2D eigenvalue weighted by Gasteiger charge is -2.44. The van der Waals surface area contributed by atoms with Crippen molar-refractivity contribution in [3.63, 3.8) is 0 Å². The lowest BCUT2D eigenvalue weighted by Crippen LogP contribution is -2.47. The fourth-order valence-electron chi connectivity index (χ4n) is 6.33. The molecule has 3 fully saturated rings. The molecule has 26 heavy (non-hydrogen) atoms. The van der Waals surface area contributed by atoms with Crippen LogP contribution in [-0.4, -0.2) is 48.9 Å². The third-order valence-electron chi connectivity index (χ3n) is 7.67. The van der Waals surface area contributed by atoms with Crippen LogP contribution in [0.25, 0.3) is 5.57 Å². The molecule has 0 aromatic heterocycles. The van der Waals surface area contributed by atoms with Crippen molar-refractivity contribution in [1.82, 2.24) is 9.80 Å². The standard InChI is InChI=1S/C23H30N2O/c1-24(2)22(26)19-15-23(20-6-4-3-5-18(19)20)9-11-25(12-10-23)21-14-16-7-8-17(21)13-16/h3-6,15-17,21H,7-14H2,1-2H3. The molecule has 1 aromatic rings. The molecule has 1 aromatic carbocycles. The van der Waals surface area contributed by atoms with Crippen LogP contribution < -0.4 is 0 Å². The third kappa shape index (κ3) is 2.40. The summed E-state index contributed by atoms with van der Waals surface area (Å²) >= 11 is 0. The molecule has 0 N–H and O–H groups in total. The van der Waals surface area contributed by atoms with Crippen LogP contribution in [0.15, 0.2) is 30.3 Å². The Hall–Kier alpha value is -1.61. The second-order valence-corrected chi connectivity index (χ2v) is 9.24. The molecule has 1 aliphatic heterocycles. The van der Waals surface area contributed by atoms with Gasteiger partial charge in [0.25, 0.3) is 5.91 Å². The molecule has 2 bridgehead atoms. The average molecular weight is 351 g/mol. The summed E-state index contributed by atoms with van der Waals surface area (Å²) in [6, 6.07) is 9.45. The molecule has 3 atom stereocenters. The molecule has 1 spiro atoms. The number of likely N-dealkylation sites (tertiary alicyclic amines) is 1. The predicted octanol–water partition coefficient (Wildman–Crippen LogP) is 3.69. The molecule has 3 heteroatoms. The van der Waals surface area contributed by atoms with Gasteiger partial charge in [0.15, 0.2) is 0 Å². The van der Waals surface area contributed by atoms with Crippen molar-refractivity contribution in [2.75, 3.05) is 27.2 Å². The summed E-state index contributed by atoms with van der Waals surface area (Å²) in [4.78, 5) is 17.2. The number of piperidine rings is 1. The summed E-state index contributed by atoms with van der Waals surface area (Å²) in [5.74, 6) is 2.12. The lowest BCUT2D eigenvalue weighted by atomic mass is 9.74. The van der Waals surface area contributed by atoms with Crippen LogP contribution in [0.1, 0.15) is 49.7 Å². The van der Waals surface area contributed by atoms with E-state index in [1.165, 1.54) is 49.9 Å². The van der Waals surface area contributed by atoms with Gasteiger partial charge in [0.1, 0.15) is 0 Å². The molecular formula is C23H30N2O. The number of likely N-dealkylation sites (N-methyl/N-ethyl adjacent to an activating group) is 1. The van der Waals surface area contributed by atoms with Crippen molar-refractivity contribution in [3.8, 4) is 0 Å². The highest BCUT2D eigenvalue weighted by atomic mass is 16.2. The van der Waals surface area contributed by atoms with Gasteiger partial charge in [-0.3, -0.25) is 4.79 Å². The van der Waals surface area contributed by atoms with Crippen molar-refractivity contribution in [3.05, 3.63) is 41.5 Å². The molecule has 138 valence electrons. The summed E-state index contributed by atoms with van der Waals surface area (Å²) in [5.41, 5.74) is 3.54. The molecule has 1 heterocycles. The van der Waals surface area contributed by atoms with Gasteiger partial charge in [-0.2, -0.15) is 0 Å². The maximum absolute atomic E-state index is 12.7. The van der Waals surface area contributed by atoms with Gasteiger partial charge in [0.05, 0.1) is 0 Å². The van der Waals surface area contributed by atoms with Gasteiger partial charge >= 0.3 is 0 Å². The monoisotopic (exact) mass is 350 g/mol. The second kappa shape index (κ2) is 5.95. The Morgan fingerprint density at radius 3 is 2.54 bits per heavy atom. The number of carbonyl (C=O) groups is 1. The first-order valence-corrected chi connectivity index (χ1v) is 10.4. The fourth-order valence-corrected chi connectivity index (χ4v) is 6.33. The Bertz CT molecular complexity index is 757. The molecule has 3 aliphatic carbocycles. The van der Waals surface area contributed by atoms with Crippen LogP contribution in [0.3, 0.4) is 0 Å². The summed E-state index contributed by atoms with van der Waals surface area (Å²) < 4.78 is 0. The number of allylic oxidation sites excluding steroid dienone is 1. The molecule has 4 aliphatic rings. The van der Waals surface area contributed by atoms with E-state index in [4.69, 9.17) is 0 Å². The maximum Gasteiger partial charge on any atom is 0.253 e. The summed E-state index contributed by atoms with van der Waals surface area (Å²) in [7, 11) is 3.71. The van der Waals surface area contributed by atoms with E-state index in [2.05, 4.69) is 35.2 Å². The van der Waals surface area contributed by atoms with E-state index in [0.717, 1.165) is 36.3 Å². The number of rotatable bonds is 2. The normalized spacial score (nSPS) is 31.9. The molecule has 5 rings (SSSR count). The van der Waals surface area contributed by atoms with E-state index < -0.39 is 0 Å². The Morgan fingerprint density at radius 2 is 1.88 bits per heavy atom. The van der Waals surface area contributed by atoms with Gasteiger partial charge < -0.3 is 9.80 Å². The Kier molecular flexibility index (Phi) is 3.79. The van der Waals surface area contributed by atoms with Crippen LogP contribution in [0.5, 0.6) is 0 Å². The maximum atomic E-state index is 12.7. The Balaban J connectivity index is 1.40. The Labute approximate surface area is 157 Å².